The van der Waals surface area contributed by atoms with Gasteiger partial charge in [0.1, 0.15) is 0 Å². The number of thioether (sulfide) groups is 1. The molecule has 8 heteroatoms. The molecule has 1 heterocycles. The lowest BCUT2D eigenvalue weighted by Gasteiger charge is -2.31. The number of rotatable bonds is 4. The van der Waals surface area contributed by atoms with E-state index in [1.807, 2.05) is 7.05 Å². The van der Waals surface area contributed by atoms with Gasteiger partial charge in [-0.1, -0.05) is 31.0 Å². The van der Waals surface area contributed by atoms with Crippen molar-refractivity contribution in [3.63, 3.8) is 0 Å². The van der Waals surface area contributed by atoms with Gasteiger partial charge in [-0.05, 0) is 12.8 Å². The van der Waals surface area contributed by atoms with E-state index in [9.17, 15) is 14.4 Å². The van der Waals surface area contributed by atoms with Crippen molar-refractivity contribution in [1.82, 2.24) is 20.1 Å². The van der Waals surface area contributed by atoms with Crippen LogP contribution < -0.4 is 11.2 Å². The van der Waals surface area contributed by atoms with Crippen LogP contribution in [0.3, 0.4) is 0 Å². The van der Waals surface area contributed by atoms with E-state index in [1.54, 1.807) is 4.90 Å². The average Bonchev–Trinajstić information content (AvgIpc) is 2.46. The van der Waals surface area contributed by atoms with Gasteiger partial charge in [-0.15, -0.1) is 0 Å². The zero-order valence-electron chi connectivity index (χ0n) is 11.3. The summed E-state index contributed by atoms with van der Waals surface area (Å²) in [5.74, 6) is 0.129. The fourth-order valence-corrected chi connectivity index (χ4v) is 3.09. The number of nitrogens with one attached hydrogen (secondary N) is 2. The molecular weight excluding hydrogens is 280 g/mol. The second-order valence-electron chi connectivity index (χ2n) is 4.90. The highest BCUT2D eigenvalue weighted by Gasteiger charge is 2.22. The standard InChI is InChI=1S/C12H18N4O3S/c1-16(8-5-3-2-4-6-8)9(17)7-20-11-10(18)13-12(19)15-14-11/h8H,2-7H2,1H3,(H2,13,15,18,19). The number of nitrogens with zero attached hydrogens (tertiary/aromatic N) is 2. The van der Waals surface area contributed by atoms with E-state index in [-0.39, 0.29) is 16.7 Å². The van der Waals surface area contributed by atoms with Crippen molar-refractivity contribution in [2.75, 3.05) is 12.8 Å². The summed E-state index contributed by atoms with van der Waals surface area (Å²) in [4.78, 5) is 38.2. The van der Waals surface area contributed by atoms with Crippen LogP contribution in [0.4, 0.5) is 0 Å². The number of amides is 1. The van der Waals surface area contributed by atoms with Gasteiger partial charge in [0, 0.05) is 13.1 Å². The normalized spacial score (nSPS) is 16.1. The van der Waals surface area contributed by atoms with Crippen molar-refractivity contribution < 1.29 is 4.79 Å². The van der Waals surface area contributed by atoms with Crippen LogP contribution in [0, 0.1) is 0 Å². The zero-order valence-corrected chi connectivity index (χ0v) is 12.2. The molecule has 0 spiro atoms. The number of carbonyl (C=O) groups excluding carboxylic acids is 1. The van der Waals surface area contributed by atoms with Gasteiger partial charge in [0.25, 0.3) is 5.56 Å². The lowest BCUT2D eigenvalue weighted by atomic mass is 9.94. The SMILES string of the molecule is CN(C(=O)CSc1n[nH]c(=O)[nH]c1=O)C1CCCCC1. The van der Waals surface area contributed by atoms with Crippen molar-refractivity contribution in [3.05, 3.63) is 20.8 Å². The number of H-pyrrole nitrogens is 2. The third kappa shape index (κ3) is 3.72. The van der Waals surface area contributed by atoms with Crippen LogP contribution in [-0.2, 0) is 4.79 Å². The third-order valence-corrected chi connectivity index (χ3v) is 4.47. The molecule has 1 aliphatic carbocycles. The van der Waals surface area contributed by atoms with Crippen molar-refractivity contribution in [3.8, 4) is 0 Å². The van der Waals surface area contributed by atoms with Crippen LogP contribution in [0.15, 0.2) is 14.6 Å². The Kier molecular flexibility index (Phi) is 4.99. The van der Waals surface area contributed by atoms with Gasteiger partial charge < -0.3 is 4.90 Å². The van der Waals surface area contributed by atoms with Crippen LogP contribution in [0.1, 0.15) is 32.1 Å². The number of hydrogen-bond donors (Lipinski definition) is 2. The van der Waals surface area contributed by atoms with Crippen LogP contribution in [-0.4, -0.2) is 44.8 Å². The predicted molar refractivity (Wildman–Crippen MR) is 75.8 cm³/mol. The molecule has 0 aliphatic heterocycles. The Hall–Kier alpha value is -1.57. The summed E-state index contributed by atoms with van der Waals surface area (Å²) in [7, 11) is 1.81. The second-order valence-corrected chi connectivity index (χ2v) is 5.86. The number of aromatic nitrogens is 3. The molecule has 1 aromatic rings. The van der Waals surface area contributed by atoms with Gasteiger partial charge >= 0.3 is 5.69 Å². The quantitative estimate of drug-likeness (QED) is 0.781. The molecule has 1 saturated carbocycles. The van der Waals surface area contributed by atoms with Crippen LogP contribution in [0.2, 0.25) is 0 Å². The molecule has 0 atom stereocenters. The predicted octanol–water partition coefficient (Wildman–Crippen LogP) is 0.341. The van der Waals surface area contributed by atoms with Gasteiger partial charge in [-0.3, -0.25) is 14.6 Å². The van der Waals surface area contributed by atoms with Gasteiger partial charge in [0.05, 0.1) is 5.75 Å². The van der Waals surface area contributed by atoms with E-state index in [4.69, 9.17) is 0 Å². The van der Waals surface area contributed by atoms with E-state index in [1.165, 1.54) is 6.42 Å². The van der Waals surface area contributed by atoms with E-state index < -0.39 is 11.2 Å². The Labute approximate surface area is 120 Å². The summed E-state index contributed by atoms with van der Waals surface area (Å²) in [6.45, 7) is 0. The Bertz CT molecular complexity index is 577. The number of hydrogen-bond acceptors (Lipinski definition) is 5. The smallest absolute Gasteiger partial charge is 0.342 e. The average molecular weight is 298 g/mol. The van der Waals surface area contributed by atoms with Gasteiger partial charge in [-0.25, -0.2) is 9.89 Å². The van der Waals surface area contributed by atoms with E-state index in [2.05, 4.69) is 15.2 Å². The van der Waals surface area contributed by atoms with Crippen LogP contribution in [0.25, 0.3) is 0 Å². The van der Waals surface area contributed by atoms with Gasteiger partial charge in [0.2, 0.25) is 5.91 Å². The first-order valence-electron chi connectivity index (χ1n) is 6.65. The maximum absolute atomic E-state index is 12.1. The molecule has 20 heavy (non-hydrogen) atoms. The fraction of sp³-hybridized carbons (Fsp3) is 0.667. The molecule has 0 bridgehead atoms. The van der Waals surface area contributed by atoms with Gasteiger partial charge in [-0.2, -0.15) is 5.10 Å². The molecule has 0 aromatic carbocycles. The topological polar surface area (TPSA) is 98.9 Å². The van der Waals surface area contributed by atoms with Gasteiger partial charge in [0.15, 0.2) is 5.03 Å². The maximum Gasteiger partial charge on any atom is 0.342 e. The molecule has 1 fully saturated rings. The highest BCUT2D eigenvalue weighted by molar-refractivity contribution is 7.99. The summed E-state index contributed by atoms with van der Waals surface area (Å²) in [5.41, 5.74) is -1.21. The van der Waals surface area contributed by atoms with Crippen molar-refractivity contribution in [2.45, 2.75) is 43.2 Å². The molecule has 7 nitrogen and oxygen atoms in total. The second kappa shape index (κ2) is 6.74. The summed E-state index contributed by atoms with van der Waals surface area (Å²) in [6.07, 6.45) is 5.66. The Balaban J connectivity index is 1.91. The zero-order chi connectivity index (χ0) is 14.5. The van der Waals surface area contributed by atoms with Crippen LogP contribution in [0.5, 0.6) is 0 Å². The lowest BCUT2D eigenvalue weighted by Crippen LogP contribution is -2.39. The van der Waals surface area contributed by atoms with E-state index in [0.717, 1.165) is 37.4 Å². The first-order chi connectivity index (χ1) is 9.58. The monoisotopic (exact) mass is 298 g/mol. The minimum atomic E-state index is -0.648. The largest absolute Gasteiger partial charge is 0.342 e. The minimum absolute atomic E-state index is 0.0192. The molecule has 1 amide bonds. The molecule has 0 saturated heterocycles. The highest BCUT2D eigenvalue weighted by atomic mass is 32.2. The summed E-state index contributed by atoms with van der Waals surface area (Å²) in [5, 5.41) is 5.89. The first kappa shape index (κ1) is 14.8. The number of aromatic amines is 2. The lowest BCUT2D eigenvalue weighted by molar-refractivity contribution is -0.129. The molecule has 0 unspecified atom stereocenters. The van der Waals surface area contributed by atoms with E-state index >= 15 is 0 Å². The molecule has 1 aromatic heterocycles. The fourth-order valence-electron chi connectivity index (χ4n) is 2.34. The molecule has 2 N–H and O–H groups in total. The van der Waals surface area contributed by atoms with Crippen molar-refractivity contribution >= 4 is 17.7 Å². The molecular formula is C12H18N4O3S. The molecule has 1 aliphatic rings. The molecule has 110 valence electrons. The molecule has 0 radical (unpaired) electrons. The Morgan fingerprint density at radius 3 is 2.70 bits per heavy atom. The Morgan fingerprint density at radius 1 is 1.35 bits per heavy atom. The highest BCUT2D eigenvalue weighted by Crippen LogP contribution is 2.22. The van der Waals surface area contributed by atoms with Crippen molar-refractivity contribution in [2.24, 2.45) is 0 Å². The minimum Gasteiger partial charge on any atom is -0.342 e. The van der Waals surface area contributed by atoms with E-state index in [0.29, 0.717) is 6.04 Å². The summed E-state index contributed by atoms with van der Waals surface area (Å²) in [6, 6.07) is 0.304. The van der Waals surface area contributed by atoms with Crippen molar-refractivity contribution in [1.29, 1.82) is 0 Å². The first-order valence-corrected chi connectivity index (χ1v) is 7.64. The Morgan fingerprint density at radius 2 is 2.05 bits per heavy atom. The van der Waals surface area contributed by atoms with Crippen LogP contribution >= 0.6 is 11.8 Å². The number of carbonyl (C=O) groups is 1. The maximum atomic E-state index is 12.1. The molecule has 2 rings (SSSR count). The summed E-state index contributed by atoms with van der Waals surface area (Å²) >= 11 is 1.04. The summed E-state index contributed by atoms with van der Waals surface area (Å²) < 4.78 is 0. The third-order valence-electron chi connectivity index (χ3n) is 3.53.